The quantitative estimate of drug-likeness (QED) is 0.401. The molecule has 0 heterocycles. The molecule has 34 heavy (non-hydrogen) atoms. The maximum atomic E-state index is 12.2. The first-order chi connectivity index (χ1) is 16.5. The van der Waals surface area contributed by atoms with E-state index < -0.39 is 5.97 Å². The molecule has 0 spiro atoms. The molecular weight excluding hydrogens is 416 g/mol. The van der Waals surface area contributed by atoms with Crippen LogP contribution in [0.4, 0.5) is 0 Å². The minimum Gasteiger partial charge on any atom is -0.478 e. The van der Waals surface area contributed by atoms with Crippen molar-refractivity contribution in [2.24, 2.45) is 0 Å². The molecular formula is C32H36O2. The van der Waals surface area contributed by atoms with Gasteiger partial charge in [0, 0.05) is 5.92 Å². The average Bonchev–Trinajstić information content (AvgIpc) is 2.85. The van der Waals surface area contributed by atoms with Gasteiger partial charge in [-0.3, -0.25) is 0 Å². The highest BCUT2D eigenvalue weighted by Crippen LogP contribution is 2.40. The summed E-state index contributed by atoms with van der Waals surface area (Å²) in [4.78, 5) is 12.2. The summed E-state index contributed by atoms with van der Waals surface area (Å²) in [6.45, 7) is 9.01. The van der Waals surface area contributed by atoms with E-state index in [0.29, 0.717) is 17.4 Å². The predicted octanol–water partition coefficient (Wildman–Crippen LogP) is 6.97. The summed E-state index contributed by atoms with van der Waals surface area (Å²) in [6, 6.07) is 21.1. The van der Waals surface area contributed by atoms with Gasteiger partial charge >= 0.3 is 5.97 Å². The number of carboxylic acids is 1. The Balaban J connectivity index is 2.08. The first kappa shape index (κ1) is 24.0. The highest BCUT2D eigenvalue weighted by atomic mass is 16.4. The van der Waals surface area contributed by atoms with Gasteiger partial charge < -0.3 is 5.11 Å². The SMILES string of the molecule is CCC/C=c1/ccc2c(c1)C(CC)c1cc(C(C)CCC)ccc1C=2c1ccccc1C(=O)O. The minimum atomic E-state index is -0.884. The lowest BCUT2D eigenvalue weighted by Gasteiger charge is -2.29. The summed E-state index contributed by atoms with van der Waals surface area (Å²) >= 11 is 0. The molecule has 3 aromatic rings. The number of hydrogen-bond acceptors (Lipinski definition) is 1. The fourth-order valence-corrected chi connectivity index (χ4v) is 5.47. The molecule has 2 unspecified atom stereocenters. The van der Waals surface area contributed by atoms with Crippen LogP contribution in [0.25, 0.3) is 11.6 Å². The molecule has 0 aromatic heterocycles. The van der Waals surface area contributed by atoms with Crippen molar-refractivity contribution in [3.05, 3.63) is 104 Å². The number of carbonyl (C=O) groups is 1. The fourth-order valence-electron chi connectivity index (χ4n) is 5.47. The lowest BCUT2D eigenvalue weighted by Crippen LogP contribution is -2.27. The van der Waals surface area contributed by atoms with E-state index in [1.807, 2.05) is 18.2 Å². The van der Waals surface area contributed by atoms with Crippen molar-refractivity contribution in [1.82, 2.24) is 0 Å². The zero-order valence-corrected chi connectivity index (χ0v) is 20.9. The molecule has 176 valence electrons. The van der Waals surface area contributed by atoms with Crippen LogP contribution in [0.3, 0.4) is 0 Å². The maximum Gasteiger partial charge on any atom is 0.336 e. The largest absolute Gasteiger partial charge is 0.478 e. The molecule has 2 heteroatoms. The van der Waals surface area contributed by atoms with Crippen LogP contribution < -0.4 is 10.4 Å². The molecule has 0 fully saturated rings. The first-order valence-corrected chi connectivity index (χ1v) is 12.8. The van der Waals surface area contributed by atoms with Gasteiger partial charge in [-0.2, -0.15) is 0 Å². The predicted molar refractivity (Wildman–Crippen MR) is 142 cm³/mol. The van der Waals surface area contributed by atoms with Gasteiger partial charge in [0.15, 0.2) is 0 Å². The third-order valence-corrected chi connectivity index (χ3v) is 7.24. The molecule has 3 aromatic carbocycles. The molecule has 0 amide bonds. The van der Waals surface area contributed by atoms with Crippen LogP contribution in [0.1, 0.15) is 110 Å². The summed E-state index contributed by atoms with van der Waals surface area (Å²) in [5.41, 5.74) is 7.40. The zero-order valence-electron chi connectivity index (χ0n) is 20.9. The minimum absolute atomic E-state index is 0.300. The summed E-state index contributed by atoms with van der Waals surface area (Å²) in [7, 11) is 0. The number of hydrogen-bond donors (Lipinski definition) is 1. The molecule has 2 nitrogen and oxygen atoms in total. The molecule has 4 rings (SSSR count). The zero-order chi connectivity index (χ0) is 24.2. The Bertz CT molecular complexity index is 1320. The van der Waals surface area contributed by atoms with Gasteiger partial charge in [0.2, 0.25) is 0 Å². The highest BCUT2D eigenvalue weighted by Gasteiger charge is 2.28. The van der Waals surface area contributed by atoms with Crippen LogP contribution in [-0.2, 0) is 0 Å². The van der Waals surface area contributed by atoms with E-state index in [1.54, 1.807) is 6.07 Å². The Morgan fingerprint density at radius 3 is 2.44 bits per heavy atom. The molecule has 2 atom stereocenters. The van der Waals surface area contributed by atoms with Gasteiger partial charge in [0.25, 0.3) is 0 Å². The number of fused-ring (bicyclic) bond motifs is 2. The van der Waals surface area contributed by atoms with Crippen molar-refractivity contribution >= 4 is 17.6 Å². The summed E-state index contributed by atoms with van der Waals surface area (Å²) in [6.07, 6.45) is 7.84. The maximum absolute atomic E-state index is 12.2. The Labute approximate surface area is 203 Å². The van der Waals surface area contributed by atoms with Gasteiger partial charge in [0.1, 0.15) is 0 Å². The standard InChI is InChI=1S/C32H36O2/c1-5-8-12-22-15-17-26-29(19-22)24(7-3)30-20-23(21(4)11-6-2)16-18-27(30)31(26)25-13-9-10-14-28(25)32(33)34/h9-10,12-21,24H,5-8,11H2,1-4H3,(H,33,34)/b22-12-. The van der Waals surface area contributed by atoms with Crippen molar-refractivity contribution < 1.29 is 9.90 Å². The second-order valence-corrected chi connectivity index (χ2v) is 9.56. The van der Waals surface area contributed by atoms with Crippen LogP contribution in [0, 0.1) is 0 Å². The Morgan fingerprint density at radius 2 is 1.74 bits per heavy atom. The molecule has 1 aliphatic carbocycles. The number of rotatable bonds is 8. The van der Waals surface area contributed by atoms with Gasteiger partial charge in [-0.15, -0.1) is 0 Å². The summed E-state index contributed by atoms with van der Waals surface area (Å²) in [5, 5.41) is 12.4. The molecule has 1 aliphatic rings. The number of benzene rings is 3. The number of unbranched alkanes of at least 4 members (excludes halogenated alkanes) is 1. The van der Waals surface area contributed by atoms with E-state index in [4.69, 9.17) is 0 Å². The van der Waals surface area contributed by atoms with Gasteiger partial charge in [-0.1, -0.05) is 101 Å². The molecule has 0 aliphatic heterocycles. The van der Waals surface area contributed by atoms with E-state index in [9.17, 15) is 9.90 Å². The molecule has 0 saturated carbocycles. The van der Waals surface area contributed by atoms with Crippen LogP contribution in [0.2, 0.25) is 0 Å². The van der Waals surface area contributed by atoms with E-state index >= 15 is 0 Å². The molecule has 0 bridgehead atoms. The smallest absolute Gasteiger partial charge is 0.336 e. The lowest BCUT2D eigenvalue weighted by atomic mass is 9.74. The third-order valence-electron chi connectivity index (χ3n) is 7.24. The Hall–Kier alpha value is -3.13. The first-order valence-electron chi connectivity index (χ1n) is 12.8. The van der Waals surface area contributed by atoms with Gasteiger partial charge in [0.05, 0.1) is 5.56 Å². The van der Waals surface area contributed by atoms with Crippen molar-refractivity contribution in [2.75, 3.05) is 0 Å². The topological polar surface area (TPSA) is 37.3 Å². The molecule has 0 saturated heterocycles. The van der Waals surface area contributed by atoms with Crippen LogP contribution in [-0.4, -0.2) is 11.1 Å². The van der Waals surface area contributed by atoms with Gasteiger partial charge in [-0.05, 0) is 75.1 Å². The van der Waals surface area contributed by atoms with Crippen LogP contribution >= 0.6 is 0 Å². The summed E-state index contributed by atoms with van der Waals surface area (Å²) < 4.78 is 0. The monoisotopic (exact) mass is 452 g/mol. The van der Waals surface area contributed by atoms with Gasteiger partial charge in [-0.25, -0.2) is 4.79 Å². The van der Waals surface area contributed by atoms with Crippen LogP contribution in [0.15, 0.2) is 60.7 Å². The molecule has 0 radical (unpaired) electrons. The second kappa shape index (κ2) is 10.4. The van der Waals surface area contributed by atoms with E-state index in [-0.39, 0.29) is 0 Å². The lowest BCUT2D eigenvalue weighted by molar-refractivity contribution is 0.0696. The fraction of sp³-hybridized carbons (Fsp3) is 0.344. The van der Waals surface area contributed by atoms with E-state index in [2.05, 4.69) is 70.2 Å². The van der Waals surface area contributed by atoms with Crippen molar-refractivity contribution in [3.63, 3.8) is 0 Å². The number of carboxylic acid groups (broad SMARTS) is 1. The van der Waals surface area contributed by atoms with Crippen molar-refractivity contribution in [1.29, 1.82) is 0 Å². The molecule has 1 N–H and O–H groups in total. The highest BCUT2D eigenvalue weighted by molar-refractivity contribution is 5.97. The Kier molecular flexibility index (Phi) is 7.36. The van der Waals surface area contributed by atoms with Crippen LogP contribution in [0.5, 0.6) is 0 Å². The normalized spacial score (nSPS) is 16.2. The van der Waals surface area contributed by atoms with E-state index in [0.717, 1.165) is 42.0 Å². The van der Waals surface area contributed by atoms with E-state index in [1.165, 1.54) is 33.9 Å². The Morgan fingerprint density at radius 1 is 0.941 bits per heavy atom. The second-order valence-electron chi connectivity index (χ2n) is 9.56. The summed E-state index contributed by atoms with van der Waals surface area (Å²) in [5.74, 6) is -0.0763. The average molecular weight is 453 g/mol. The van der Waals surface area contributed by atoms with Crippen molar-refractivity contribution in [3.8, 4) is 0 Å². The van der Waals surface area contributed by atoms with Crippen molar-refractivity contribution in [2.45, 2.75) is 71.6 Å². The third kappa shape index (κ3) is 4.46. The number of aromatic carboxylic acids is 1.